The molecule has 0 bridgehead atoms. The molecule has 1 heterocycles. The molecule has 0 unspecified atom stereocenters. The van der Waals surface area contributed by atoms with Gasteiger partial charge in [-0.15, -0.1) is 23.5 Å². The van der Waals surface area contributed by atoms with Crippen molar-refractivity contribution < 1.29 is 18.3 Å². The molecular weight excluding hydrogens is 476 g/mol. The van der Waals surface area contributed by atoms with E-state index in [0.717, 1.165) is 35.4 Å². The van der Waals surface area contributed by atoms with Gasteiger partial charge in [-0.1, -0.05) is 44.9 Å². The molecule has 0 radical (unpaired) electrons. The number of carbonyl (C=O) groups is 1. The number of nitrogens with zero attached hydrogens (tertiary/aromatic N) is 1. The summed E-state index contributed by atoms with van der Waals surface area (Å²) in [7, 11) is -3.78. The molecule has 1 atom stereocenters. The Labute approximate surface area is 205 Å². The molecule has 2 aromatic rings. The average Bonchev–Trinajstić information content (AvgIpc) is 2.90. The van der Waals surface area contributed by atoms with E-state index in [-0.39, 0.29) is 10.6 Å². The maximum absolute atomic E-state index is 13.7. The first kappa shape index (κ1) is 25.9. The fourth-order valence-electron chi connectivity index (χ4n) is 4.17. The highest BCUT2D eigenvalue weighted by Gasteiger charge is 2.41. The number of thioether (sulfide) groups is 2. The van der Waals surface area contributed by atoms with Crippen LogP contribution in [0.2, 0.25) is 0 Å². The third-order valence-electron chi connectivity index (χ3n) is 5.99. The average molecular weight is 509 g/mol. The molecule has 0 amide bonds. The van der Waals surface area contributed by atoms with Crippen LogP contribution in [0, 0.1) is 0 Å². The number of nitrogens with one attached hydrogen (secondary N) is 1. The minimum Gasteiger partial charge on any atom is -0.481 e. The van der Waals surface area contributed by atoms with Gasteiger partial charge >= 0.3 is 5.97 Å². The molecule has 1 aliphatic heterocycles. The third-order valence-corrected chi connectivity index (χ3v) is 9.38. The Morgan fingerprint density at radius 2 is 1.94 bits per heavy atom. The lowest BCUT2D eigenvalue weighted by Gasteiger charge is -2.36. The largest absolute Gasteiger partial charge is 0.481 e. The summed E-state index contributed by atoms with van der Waals surface area (Å²) in [5, 5.41) is 9.01. The van der Waals surface area contributed by atoms with Crippen molar-refractivity contribution in [3.8, 4) is 0 Å². The van der Waals surface area contributed by atoms with Crippen molar-refractivity contribution in [3.05, 3.63) is 48.0 Å². The highest BCUT2D eigenvalue weighted by molar-refractivity contribution is 7.99. The van der Waals surface area contributed by atoms with E-state index in [0.29, 0.717) is 24.4 Å². The quantitative estimate of drug-likeness (QED) is 0.410. The second-order valence-corrected chi connectivity index (χ2v) is 11.8. The number of unbranched alkanes of at least 4 members (excludes halogenated alkanes) is 1. The molecule has 33 heavy (non-hydrogen) atoms. The van der Waals surface area contributed by atoms with Crippen molar-refractivity contribution in [1.29, 1.82) is 0 Å². The fourth-order valence-corrected chi connectivity index (χ4v) is 7.36. The van der Waals surface area contributed by atoms with E-state index < -0.39 is 21.5 Å². The number of fused-ring (bicyclic) bond motifs is 1. The highest BCUT2D eigenvalue weighted by Crippen LogP contribution is 2.42. The van der Waals surface area contributed by atoms with Gasteiger partial charge in [0.2, 0.25) is 10.0 Å². The molecule has 3 rings (SSSR count). The predicted molar refractivity (Wildman–Crippen MR) is 138 cm³/mol. The van der Waals surface area contributed by atoms with Gasteiger partial charge in [-0.05, 0) is 48.9 Å². The molecule has 6 nitrogen and oxygen atoms in total. The molecule has 9 heteroatoms. The topological polar surface area (TPSA) is 86.7 Å². The number of benzene rings is 2. The smallest absolute Gasteiger partial charge is 0.313 e. The van der Waals surface area contributed by atoms with E-state index in [2.05, 4.69) is 16.5 Å². The zero-order chi connectivity index (χ0) is 24.1. The molecule has 0 spiro atoms. The van der Waals surface area contributed by atoms with Gasteiger partial charge in [0.25, 0.3) is 0 Å². The number of carboxylic acid groups (broad SMARTS) is 1. The number of carboxylic acids is 1. The number of hydrogen-bond acceptors (Lipinski definition) is 6. The Balaban J connectivity index is 2.18. The molecule has 0 saturated heterocycles. The zero-order valence-corrected chi connectivity index (χ0v) is 21.8. The van der Waals surface area contributed by atoms with E-state index in [1.54, 1.807) is 17.8 Å². The van der Waals surface area contributed by atoms with Crippen molar-refractivity contribution >= 4 is 50.9 Å². The third kappa shape index (κ3) is 6.07. The van der Waals surface area contributed by atoms with Crippen molar-refractivity contribution in [2.45, 2.75) is 60.6 Å². The summed E-state index contributed by atoms with van der Waals surface area (Å²) in [6.45, 7) is 4.70. The van der Waals surface area contributed by atoms with Crippen LogP contribution in [0.3, 0.4) is 0 Å². The lowest BCUT2D eigenvalue weighted by Crippen LogP contribution is -2.52. The molecular formula is C24H32N2O4S3. The van der Waals surface area contributed by atoms with Crippen LogP contribution in [0.5, 0.6) is 0 Å². The molecule has 0 aliphatic carbocycles. The van der Waals surface area contributed by atoms with Crippen LogP contribution in [0.15, 0.2) is 52.3 Å². The van der Waals surface area contributed by atoms with E-state index in [4.69, 9.17) is 5.11 Å². The minimum atomic E-state index is -3.78. The molecule has 1 aliphatic rings. The van der Waals surface area contributed by atoms with Crippen LogP contribution >= 0.6 is 23.5 Å². The number of para-hydroxylation sites is 1. The number of aliphatic carboxylic acids is 1. The second kappa shape index (κ2) is 11.2. The van der Waals surface area contributed by atoms with Crippen LogP contribution in [0.25, 0.3) is 0 Å². The van der Waals surface area contributed by atoms with E-state index in [9.17, 15) is 13.2 Å². The van der Waals surface area contributed by atoms with Crippen LogP contribution < -0.4 is 9.62 Å². The summed E-state index contributed by atoms with van der Waals surface area (Å²) < 4.78 is 30.5. The first-order valence-corrected chi connectivity index (χ1v) is 15.0. The van der Waals surface area contributed by atoms with Crippen molar-refractivity contribution in [1.82, 2.24) is 4.72 Å². The first-order valence-electron chi connectivity index (χ1n) is 11.1. The van der Waals surface area contributed by atoms with Crippen LogP contribution in [-0.4, -0.2) is 43.6 Å². The molecule has 180 valence electrons. The first-order chi connectivity index (χ1) is 15.7. The summed E-state index contributed by atoms with van der Waals surface area (Å²) in [5.41, 5.74) is 1.87. The summed E-state index contributed by atoms with van der Waals surface area (Å²) in [4.78, 5) is 14.3. The zero-order valence-electron chi connectivity index (χ0n) is 19.3. The number of rotatable bonds is 10. The van der Waals surface area contributed by atoms with Gasteiger partial charge < -0.3 is 10.0 Å². The van der Waals surface area contributed by atoms with Crippen molar-refractivity contribution in [2.75, 3.05) is 23.5 Å². The van der Waals surface area contributed by atoms with Gasteiger partial charge in [0.1, 0.15) is 4.90 Å². The minimum absolute atomic E-state index is 0.0258. The second-order valence-electron chi connectivity index (χ2n) is 8.28. The highest BCUT2D eigenvalue weighted by atomic mass is 32.2. The van der Waals surface area contributed by atoms with Gasteiger partial charge in [-0.25, -0.2) is 13.1 Å². The molecule has 2 aromatic carbocycles. The lowest BCUT2D eigenvalue weighted by molar-refractivity contribution is -0.133. The van der Waals surface area contributed by atoms with Crippen molar-refractivity contribution in [2.24, 2.45) is 0 Å². The number of sulfonamides is 1. The SMILES string of the molecule is CCCC[C@]1(CC)CN(c2ccccc2)c2cc(SC)c(CSCC(=O)O)cc2S(=O)(=O)N1. The Morgan fingerprint density at radius 1 is 1.21 bits per heavy atom. The normalized spacial score (nSPS) is 19.7. The molecule has 0 saturated carbocycles. The Kier molecular flexibility index (Phi) is 8.77. The standard InChI is InChI=1S/C24H32N2O4S3/c1-4-6-12-24(5-2)17-26(19-10-8-7-9-11-19)20-14-21(31-3)18(15-32-16-23(27)28)13-22(20)33(29,30)25-24/h7-11,13-14,25H,4-6,12,15-17H2,1-3H3,(H,27,28)/t24-/m1/s1. The fraction of sp³-hybridized carbons (Fsp3) is 0.458. The molecule has 2 N–H and O–H groups in total. The van der Waals surface area contributed by atoms with E-state index >= 15 is 0 Å². The van der Waals surface area contributed by atoms with Gasteiger partial charge in [0, 0.05) is 22.9 Å². The van der Waals surface area contributed by atoms with Gasteiger partial charge in [0.15, 0.2) is 0 Å². The van der Waals surface area contributed by atoms with E-state index in [1.807, 2.05) is 49.6 Å². The maximum Gasteiger partial charge on any atom is 0.313 e. The monoisotopic (exact) mass is 508 g/mol. The van der Waals surface area contributed by atoms with Gasteiger partial charge in [0.05, 0.1) is 17.0 Å². The van der Waals surface area contributed by atoms with E-state index in [1.165, 1.54) is 11.8 Å². The van der Waals surface area contributed by atoms with Gasteiger partial charge in [-0.3, -0.25) is 4.79 Å². The molecule has 0 fully saturated rings. The van der Waals surface area contributed by atoms with Crippen LogP contribution in [0.1, 0.15) is 45.1 Å². The Bertz CT molecular complexity index is 1080. The summed E-state index contributed by atoms with van der Waals surface area (Å²) >= 11 is 2.82. The molecule has 0 aromatic heterocycles. The Morgan fingerprint density at radius 3 is 2.55 bits per heavy atom. The predicted octanol–water partition coefficient (Wildman–Crippen LogP) is 5.50. The van der Waals surface area contributed by atoms with Crippen molar-refractivity contribution in [3.63, 3.8) is 0 Å². The summed E-state index contributed by atoms with van der Waals surface area (Å²) in [5.74, 6) is -0.471. The van der Waals surface area contributed by atoms with Crippen LogP contribution in [-0.2, 0) is 20.6 Å². The summed E-state index contributed by atoms with van der Waals surface area (Å²) in [6, 6.07) is 13.6. The maximum atomic E-state index is 13.7. The van der Waals surface area contributed by atoms with Gasteiger partial charge in [-0.2, -0.15) is 0 Å². The number of anilines is 2. The summed E-state index contributed by atoms with van der Waals surface area (Å²) in [6.07, 6.45) is 5.32. The van der Waals surface area contributed by atoms with Crippen LogP contribution in [0.4, 0.5) is 11.4 Å². The lowest BCUT2D eigenvalue weighted by atomic mass is 9.89. The Hall–Kier alpha value is -1.68. The number of hydrogen-bond donors (Lipinski definition) is 2.